The molecule has 4 bridgehead atoms. The van der Waals surface area contributed by atoms with Crippen molar-refractivity contribution in [3.63, 3.8) is 0 Å². The summed E-state index contributed by atoms with van der Waals surface area (Å²) >= 11 is 0. The van der Waals surface area contributed by atoms with Gasteiger partial charge in [-0.3, -0.25) is 34.2 Å². The number of hydrogen-bond donors (Lipinski definition) is 4. The van der Waals surface area contributed by atoms with Gasteiger partial charge in [0, 0.05) is 76.3 Å². The van der Waals surface area contributed by atoms with Crippen molar-refractivity contribution in [1.82, 2.24) is 35.3 Å². The second-order valence-corrected chi connectivity index (χ2v) is 20.1. The van der Waals surface area contributed by atoms with Gasteiger partial charge in [0.25, 0.3) is 11.8 Å². The fourth-order valence-corrected chi connectivity index (χ4v) is 12.7. The van der Waals surface area contributed by atoms with Crippen LogP contribution in [0.2, 0.25) is 0 Å². The summed E-state index contributed by atoms with van der Waals surface area (Å²) in [6.45, 7) is 5.51. The molecule has 4 aliphatic heterocycles. The molecular weight excluding hydrogens is 915 g/mol. The number of imide groups is 2. The highest BCUT2D eigenvalue weighted by molar-refractivity contribution is 6.23. The number of nitriles is 1. The minimum atomic E-state index is -4.83. The van der Waals surface area contributed by atoms with E-state index in [2.05, 4.69) is 46.9 Å². The van der Waals surface area contributed by atoms with Gasteiger partial charge in [0.1, 0.15) is 35.1 Å². The average Bonchev–Trinajstić information content (AvgIpc) is 3.57. The number of anilines is 3. The predicted octanol–water partition coefficient (Wildman–Crippen LogP) is 4.66. The fourth-order valence-electron chi connectivity index (χ4n) is 12.7. The Morgan fingerprint density at radius 2 is 1.64 bits per heavy atom. The summed E-state index contributed by atoms with van der Waals surface area (Å²) in [7, 11) is 0. The number of benzene rings is 2. The zero-order valence-electron chi connectivity index (χ0n) is 38.5. The van der Waals surface area contributed by atoms with Crippen LogP contribution >= 0.6 is 0 Å². The van der Waals surface area contributed by atoms with E-state index in [1.807, 2.05) is 4.90 Å². The molecule has 4 saturated carbocycles. The normalized spacial score (nSPS) is 26.8. The second-order valence-electron chi connectivity index (χ2n) is 20.1. The zero-order chi connectivity index (χ0) is 48.9. The molecule has 70 heavy (non-hydrogen) atoms. The number of halogens is 4. The number of nitrogens with one attached hydrogen (secondary N) is 4. The lowest BCUT2D eigenvalue weighted by atomic mass is 9.48. The van der Waals surface area contributed by atoms with E-state index in [0.717, 1.165) is 69.2 Å². The molecule has 3 aromatic rings. The van der Waals surface area contributed by atoms with Crippen molar-refractivity contribution in [1.29, 1.82) is 5.26 Å². The van der Waals surface area contributed by atoms with Crippen LogP contribution in [0.1, 0.15) is 89.6 Å². The molecule has 0 spiro atoms. The Hall–Kier alpha value is -6.40. The van der Waals surface area contributed by atoms with Crippen molar-refractivity contribution in [3.8, 4) is 11.8 Å². The predicted molar refractivity (Wildman–Crippen MR) is 244 cm³/mol. The standard InChI is InChI=1S/C49H55F4N11O6/c50-36-19-34-35(46(69)64(45(34)68)37-5-6-40(65)59-43(37)66)20-38(36)62-13-15-63(16-14-62)44(67)29-7-10-61(11-8-29)12-9-55-41-31-17-28-18-32(41)23-48(21-28,22-31)27-58-42-33(24-54)26-57-47(60-42)56-25-30-3-1-2-4-39(30)70-49(51,52)53/h1-4,19-20,26,28-29,31-32,37,41,55H,5-18,21-23,25,27H2,(H,59,65,66)(H2,56,57,58,60)/t28?,31-,32+,37?,41?,48?. The first-order valence-corrected chi connectivity index (χ1v) is 24.3. The molecular formula is C49H55F4N11O6. The summed E-state index contributed by atoms with van der Waals surface area (Å²) in [4.78, 5) is 80.0. The number of piperazine rings is 1. The van der Waals surface area contributed by atoms with E-state index < -0.39 is 41.9 Å². The molecule has 2 aromatic carbocycles. The summed E-state index contributed by atoms with van der Waals surface area (Å²) in [5.74, 6) is -1.35. The van der Waals surface area contributed by atoms with E-state index >= 15 is 4.39 Å². The lowest BCUT2D eigenvalue weighted by Crippen LogP contribution is -2.60. The third-order valence-corrected chi connectivity index (χ3v) is 15.8. The van der Waals surface area contributed by atoms with Crippen LogP contribution in [0.5, 0.6) is 5.75 Å². The Morgan fingerprint density at radius 1 is 0.929 bits per heavy atom. The number of likely N-dealkylation sites (tertiary alicyclic amines) is 1. The highest BCUT2D eigenvalue weighted by atomic mass is 19.4. The van der Waals surface area contributed by atoms with Gasteiger partial charge in [-0.05, 0) is 106 Å². The number of carbonyl (C=O) groups is 5. The molecule has 17 nitrogen and oxygen atoms in total. The molecule has 0 radical (unpaired) electrons. The highest BCUT2D eigenvalue weighted by Crippen LogP contribution is 2.60. The number of piperidine rings is 2. The maximum Gasteiger partial charge on any atom is 0.573 e. The van der Waals surface area contributed by atoms with E-state index in [1.54, 1.807) is 11.0 Å². The molecule has 21 heteroatoms. The number of ether oxygens (including phenoxy) is 1. The molecule has 4 N–H and O–H groups in total. The molecule has 4 unspecified atom stereocenters. The Bertz CT molecular complexity index is 2600. The highest BCUT2D eigenvalue weighted by Gasteiger charge is 2.55. The zero-order valence-corrected chi connectivity index (χ0v) is 38.5. The summed E-state index contributed by atoms with van der Waals surface area (Å²) < 4.78 is 58.6. The van der Waals surface area contributed by atoms with Crippen LogP contribution in [0.4, 0.5) is 35.0 Å². The van der Waals surface area contributed by atoms with E-state index in [9.17, 15) is 42.4 Å². The monoisotopic (exact) mass is 969 g/mol. The van der Waals surface area contributed by atoms with Crippen LogP contribution in [0.15, 0.2) is 42.6 Å². The molecule has 8 aliphatic rings. The van der Waals surface area contributed by atoms with Gasteiger partial charge in [0.15, 0.2) is 0 Å². The topological polar surface area (TPSA) is 205 Å². The Labute approximate surface area is 401 Å². The lowest BCUT2D eigenvalue weighted by Gasteiger charge is -2.60. The molecule has 7 fully saturated rings. The van der Waals surface area contributed by atoms with Crippen molar-refractivity contribution in [2.24, 2.45) is 29.1 Å². The SMILES string of the molecule is N#Cc1cnc(NCc2ccccc2OC(F)(F)F)nc1NCC12CC3C[C@H](C1)C(NCCN1CCC(C(=O)N4CCN(c5cc6c(cc5F)C(=O)N(C5CCC(=O)NC5=O)C6=O)CC4)CC1)[C@@H](C3)C2. The molecule has 1 aromatic heterocycles. The van der Waals surface area contributed by atoms with Crippen LogP contribution in [-0.2, 0) is 20.9 Å². The molecule has 370 valence electrons. The van der Waals surface area contributed by atoms with E-state index in [-0.39, 0.29) is 76.3 Å². The van der Waals surface area contributed by atoms with Crippen LogP contribution in [0.25, 0.3) is 0 Å². The number of alkyl halides is 3. The summed E-state index contributed by atoms with van der Waals surface area (Å²) in [5.41, 5.74) is 0.694. The number of rotatable bonds is 14. The van der Waals surface area contributed by atoms with Gasteiger partial charge >= 0.3 is 6.36 Å². The quantitative estimate of drug-likeness (QED) is 0.128. The minimum absolute atomic E-state index is 0.00705. The number of fused-ring (bicyclic) bond motifs is 1. The number of amides is 5. The molecule has 3 saturated heterocycles. The Kier molecular flexibility index (Phi) is 12.9. The number of hydrogen-bond acceptors (Lipinski definition) is 14. The smallest absolute Gasteiger partial charge is 0.405 e. The second kappa shape index (κ2) is 19.1. The van der Waals surface area contributed by atoms with E-state index in [4.69, 9.17) is 0 Å². The third kappa shape index (κ3) is 9.59. The number of nitrogens with zero attached hydrogens (tertiary/aromatic N) is 7. The first-order chi connectivity index (χ1) is 33.6. The maximum atomic E-state index is 15.5. The van der Waals surface area contributed by atoms with E-state index in [1.165, 1.54) is 43.3 Å². The van der Waals surface area contributed by atoms with E-state index in [0.29, 0.717) is 62.3 Å². The average molecular weight is 970 g/mol. The molecule has 6 atom stereocenters. The molecule has 4 aliphatic carbocycles. The van der Waals surface area contributed by atoms with Crippen molar-refractivity contribution in [2.45, 2.75) is 82.8 Å². The molecule has 5 amide bonds. The molecule has 5 heterocycles. The Morgan fingerprint density at radius 3 is 2.34 bits per heavy atom. The molecule has 11 rings (SSSR count). The minimum Gasteiger partial charge on any atom is -0.405 e. The largest absolute Gasteiger partial charge is 0.573 e. The lowest BCUT2D eigenvalue weighted by molar-refractivity contribution is -0.274. The number of para-hydroxylation sites is 1. The van der Waals surface area contributed by atoms with Gasteiger partial charge in [0.2, 0.25) is 23.7 Å². The van der Waals surface area contributed by atoms with Gasteiger partial charge in [-0.1, -0.05) is 18.2 Å². The van der Waals surface area contributed by atoms with Gasteiger partial charge in [-0.25, -0.2) is 9.37 Å². The van der Waals surface area contributed by atoms with Crippen LogP contribution < -0.4 is 30.9 Å². The maximum absolute atomic E-state index is 15.5. The van der Waals surface area contributed by atoms with Crippen LogP contribution in [0, 0.1) is 46.2 Å². The van der Waals surface area contributed by atoms with Gasteiger partial charge in [0.05, 0.1) is 23.0 Å². The summed E-state index contributed by atoms with van der Waals surface area (Å²) in [5, 5.41) is 22.4. The van der Waals surface area contributed by atoms with Crippen molar-refractivity contribution in [2.75, 3.05) is 74.4 Å². The van der Waals surface area contributed by atoms with Crippen molar-refractivity contribution >= 4 is 47.0 Å². The number of carbonyl (C=O) groups excluding carboxylic acids is 5. The van der Waals surface area contributed by atoms with Gasteiger partial charge in [-0.15, -0.1) is 13.2 Å². The van der Waals surface area contributed by atoms with Crippen LogP contribution in [-0.4, -0.2) is 132 Å². The fraction of sp³-hybridized carbons (Fsp3) is 0.551. The van der Waals surface area contributed by atoms with Crippen LogP contribution in [0.3, 0.4) is 0 Å². The summed E-state index contributed by atoms with van der Waals surface area (Å²) in [6.07, 6.45) is 3.72. The summed E-state index contributed by atoms with van der Waals surface area (Å²) in [6, 6.07) is 9.71. The first kappa shape index (κ1) is 47.3. The third-order valence-electron chi connectivity index (χ3n) is 15.8. The van der Waals surface area contributed by atoms with Gasteiger partial charge < -0.3 is 35.4 Å². The first-order valence-electron chi connectivity index (χ1n) is 24.3. The van der Waals surface area contributed by atoms with Crippen molar-refractivity contribution < 1.29 is 46.3 Å². The van der Waals surface area contributed by atoms with Crippen molar-refractivity contribution in [3.05, 3.63) is 70.7 Å². The Balaban J connectivity index is 0.664. The number of aromatic nitrogens is 2. The van der Waals surface area contributed by atoms with Gasteiger partial charge in [-0.2, -0.15) is 10.2 Å².